The summed E-state index contributed by atoms with van der Waals surface area (Å²) in [7, 11) is 4.89. The van der Waals surface area contributed by atoms with Crippen LogP contribution in [0, 0.1) is 5.82 Å². The minimum absolute atomic E-state index is 0.0963. The molecule has 0 aliphatic heterocycles. The van der Waals surface area contributed by atoms with Gasteiger partial charge in [0.25, 0.3) is 0 Å². The Labute approximate surface area is 206 Å². The van der Waals surface area contributed by atoms with Crippen LogP contribution in [0.2, 0.25) is 0 Å². The average molecular weight is 490 g/mol. The highest BCUT2D eigenvalue weighted by Gasteiger charge is 2.15. The van der Waals surface area contributed by atoms with Gasteiger partial charge < -0.3 is 25.4 Å². The highest BCUT2D eigenvalue weighted by molar-refractivity contribution is 5.99. The Morgan fingerprint density at radius 2 is 1.81 bits per heavy atom. The van der Waals surface area contributed by atoms with Gasteiger partial charge in [0.05, 0.1) is 31.8 Å². The van der Waals surface area contributed by atoms with Crippen molar-refractivity contribution in [2.75, 3.05) is 30.2 Å². The molecular weight excluding hydrogens is 465 g/mol. The van der Waals surface area contributed by atoms with Crippen molar-refractivity contribution in [3.05, 3.63) is 73.5 Å². The Hall–Kier alpha value is -4.93. The number of anilines is 5. The van der Waals surface area contributed by atoms with Gasteiger partial charge in [-0.25, -0.2) is 9.37 Å². The van der Waals surface area contributed by atoms with Gasteiger partial charge in [0.1, 0.15) is 23.1 Å². The zero-order valence-electron chi connectivity index (χ0n) is 19.9. The molecular formula is C25H24FN7O3. The molecule has 0 saturated carbocycles. The van der Waals surface area contributed by atoms with Crippen LogP contribution in [0.5, 0.6) is 11.5 Å². The number of hydrogen-bond donors (Lipinski definition) is 3. The van der Waals surface area contributed by atoms with Gasteiger partial charge in [-0.05, 0) is 42.0 Å². The van der Waals surface area contributed by atoms with E-state index in [9.17, 15) is 9.18 Å². The van der Waals surface area contributed by atoms with Gasteiger partial charge in [0.15, 0.2) is 0 Å². The molecule has 10 nitrogen and oxygen atoms in total. The van der Waals surface area contributed by atoms with Crippen LogP contribution in [0.3, 0.4) is 0 Å². The number of hydrogen-bond acceptors (Lipinski definition) is 8. The predicted molar refractivity (Wildman–Crippen MR) is 136 cm³/mol. The van der Waals surface area contributed by atoms with E-state index in [0.717, 1.165) is 6.08 Å². The van der Waals surface area contributed by atoms with Gasteiger partial charge in [-0.15, -0.1) is 0 Å². The largest absolute Gasteiger partial charge is 0.497 e. The van der Waals surface area contributed by atoms with Gasteiger partial charge >= 0.3 is 0 Å². The lowest BCUT2D eigenvalue weighted by atomic mass is 10.1. The van der Waals surface area contributed by atoms with Crippen LogP contribution in [0.15, 0.2) is 67.6 Å². The lowest BCUT2D eigenvalue weighted by molar-refractivity contribution is -0.111. The summed E-state index contributed by atoms with van der Waals surface area (Å²) in [6.07, 6.45) is 6.13. The topological polar surface area (TPSA) is 115 Å². The summed E-state index contributed by atoms with van der Waals surface area (Å²) in [6.45, 7) is 3.43. The Kier molecular flexibility index (Phi) is 7.10. The second-order valence-electron chi connectivity index (χ2n) is 7.60. The van der Waals surface area contributed by atoms with E-state index in [4.69, 9.17) is 9.47 Å². The highest BCUT2D eigenvalue weighted by atomic mass is 19.1. The predicted octanol–water partition coefficient (Wildman–Crippen LogP) is 4.65. The second kappa shape index (κ2) is 10.6. The van der Waals surface area contributed by atoms with Crippen molar-refractivity contribution in [3.8, 4) is 22.6 Å². The molecule has 3 N–H and O–H groups in total. The molecule has 0 fully saturated rings. The maximum absolute atomic E-state index is 14.8. The van der Waals surface area contributed by atoms with Crippen molar-refractivity contribution < 1.29 is 18.7 Å². The summed E-state index contributed by atoms with van der Waals surface area (Å²) < 4.78 is 27.2. The number of halogens is 1. The quantitative estimate of drug-likeness (QED) is 0.291. The number of nitrogens with one attached hydrogen (secondary N) is 3. The van der Waals surface area contributed by atoms with E-state index in [1.54, 1.807) is 62.7 Å². The number of benzene rings is 2. The molecule has 0 saturated heterocycles. The molecule has 0 bridgehead atoms. The SMILES string of the molecule is C=CC(=O)Nc1ccc(F)c(Nc2nc(Nc3cnn(C)c3)ncc2-c2cc(OC)cc(OC)c2)c1. The maximum atomic E-state index is 14.8. The van der Waals surface area contributed by atoms with Crippen molar-refractivity contribution in [2.24, 2.45) is 7.05 Å². The lowest BCUT2D eigenvalue weighted by Crippen LogP contribution is -2.08. The number of rotatable bonds is 9. The molecule has 0 aliphatic carbocycles. The molecule has 184 valence electrons. The summed E-state index contributed by atoms with van der Waals surface area (Å²) >= 11 is 0. The third-order valence-electron chi connectivity index (χ3n) is 5.08. The highest BCUT2D eigenvalue weighted by Crippen LogP contribution is 2.35. The van der Waals surface area contributed by atoms with E-state index in [2.05, 4.69) is 37.6 Å². The first-order valence-electron chi connectivity index (χ1n) is 10.7. The van der Waals surface area contributed by atoms with Crippen LogP contribution in [0.1, 0.15) is 0 Å². The van der Waals surface area contributed by atoms with Crippen LogP contribution in [0.25, 0.3) is 11.1 Å². The first kappa shape index (κ1) is 24.2. The number of carbonyl (C=O) groups excluding carboxylic acids is 1. The molecule has 4 rings (SSSR count). The molecule has 0 spiro atoms. The fraction of sp³-hybridized carbons (Fsp3) is 0.120. The minimum atomic E-state index is -0.541. The van der Waals surface area contributed by atoms with Crippen molar-refractivity contribution in [2.45, 2.75) is 0 Å². The normalized spacial score (nSPS) is 10.4. The van der Waals surface area contributed by atoms with Crippen LogP contribution in [0.4, 0.5) is 33.2 Å². The Bertz CT molecular complexity index is 1400. The van der Waals surface area contributed by atoms with Gasteiger partial charge in [0.2, 0.25) is 11.9 Å². The number of ether oxygens (including phenoxy) is 2. The summed E-state index contributed by atoms with van der Waals surface area (Å²) in [5, 5.41) is 12.8. The van der Waals surface area contributed by atoms with Crippen LogP contribution < -0.4 is 25.4 Å². The zero-order chi connectivity index (χ0) is 25.7. The number of amides is 1. The Morgan fingerprint density at radius 1 is 1.06 bits per heavy atom. The maximum Gasteiger partial charge on any atom is 0.247 e. The van der Waals surface area contributed by atoms with Gasteiger partial charge in [-0.2, -0.15) is 10.1 Å². The summed E-state index contributed by atoms with van der Waals surface area (Å²) in [4.78, 5) is 20.7. The molecule has 1 amide bonds. The van der Waals surface area contributed by atoms with Crippen LogP contribution >= 0.6 is 0 Å². The Balaban J connectivity index is 1.78. The summed E-state index contributed by atoms with van der Waals surface area (Å²) in [5.74, 6) is 0.739. The van der Waals surface area contributed by atoms with Crippen molar-refractivity contribution in [1.29, 1.82) is 0 Å². The fourth-order valence-corrected chi connectivity index (χ4v) is 3.35. The minimum Gasteiger partial charge on any atom is -0.497 e. The third kappa shape index (κ3) is 5.58. The molecule has 0 atom stereocenters. The van der Waals surface area contributed by atoms with E-state index < -0.39 is 11.7 Å². The van der Waals surface area contributed by atoms with Gasteiger partial charge in [0, 0.05) is 36.8 Å². The second-order valence-corrected chi connectivity index (χ2v) is 7.60. The Morgan fingerprint density at radius 3 is 2.44 bits per heavy atom. The molecule has 0 radical (unpaired) electrons. The van der Waals surface area contributed by atoms with E-state index >= 15 is 0 Å². The summed E-state index contributed by atoms with van der Waals surface area (Å²) in [5.41, 5.74) is 2.40. The summed E-state index contributed by atoms with van der Waals surface area (Å²) in [6, 6.07) is 9.47. The number of methoxy groups -OCH3 is 2. The molecule has 11 heteroatoms. The monoisotopic (exact) mass is 489 g/mol. The lowest BCUT2D eigenvalue weighted by Gasteiger charge is -2.15. The first-order valence-corrected chi connectivity index (χ1v) is 10.7. The average Bonchev–Trinajstić information content (AvgIpc) is 3.29. The standard InChI is InChI=1S/C25H24FN7O3/c1-5-23(34)29-16-6-7-21(26)22(10-16)31-24-20(15-8-18(35-3)11-19(9-15)36-4)13-27-25(32-24)30-17-12-28-33(2)14-17/h5-14H,1H2,2-4H3,(H,29,34)(H2,27,30,31,32). The molecule has 36 heavy (non-hydrogen) atoms. The molecule has 2 aromatic carbocycles. The molecule has 0 aliphatic rings. The van der Waals surface area contributed by atoms with Gasteiger partial charge in [-0.3, -0.25) is 9.48 Å². The molecule has 2 heterocycles. The first-order chi connectivity index (χ1) is 17.4. The van der Waals surface area contributed by atoms with E-state index in [-0.39, 0.29) is 11.6 Å². The van der Waals surface area contributed by atoms with E-state index in [1.165, 1.54) is 18.2 Å². The van der Waals surface area contributed by atoms with Crippen LogP contribution in [-0.2, 0) is 11.8 Å². The molecule has 4 aromatic rings. The fourth-order valence-electron chi connectivity index (χ4n) is 3.35. The molecule has 2 aromatic heterocycles. The van der Waals surface area contributed by atoms with Gasteiger partial charge in [-0.1, -0.05) is 6.58 Å². The number of aryl methyl sites for hydroxylation is 1. The zero-order valence-corrected chi connectivity index (χ0v) is 19.9. The van der Waals surface area contributed by atoms with E-state index in [0.29, 0.717) is 39.8 Å². The van der Waals surface area contributed by atoms with Crippen molar-refractivity contribution >= 4 is 34.7 Å². The van der Waals surface area contributed by atoms with Crippen molar-refractivity contribution in [3.63, 3.8) is 0 Å². The molecule has 0 unspecified atom stereocenters. The van der Waals surface area contributed by atoms with E-state index in [1.807, 2.05) is 0 Å². The number of nitrogens with zero attached hydrogens (tertiary/aromatic N) is 4. The smallest absolute Gasteiger partial charge is 0.247 e. The number of carbonyl (C=O) groups is 1. The third-order valence-corrected chi connectivity index (χ3v) is 5.08. The van der Waals surface area contributed by atoms with Crippen molar-refractivity contribution in [1.82, 2.24) is 19.7 Å². The van der Waals surface area contributed by atoms with Crippen LogP contribution in [-0.4, -0.2) is 39.9 Å². The number of aromatic nitrogens is 4.